The van der Waals surface area contributed by atoms with E-state index in [1.54, 1.807) is 12.1 Å². The number of anilines is 1. The van der Waals surface area contributed by atoms with Gasteiger partial charge in [0.1, 0.15) is 0 Å². The minimum atomic E-state index is -0.390. The van der Waals surface area contributed by atoms with Crippen LogP contribution in [0.4, 0.5) is 10.8 Å². The van der Waals surface area contributed by atoms with Gasteiger partial charge >= 0.3 is 0 Å². The molecular weight excluding hydrogens is 348 g/mol. The molecule has 2 aliphatic rings. The Morgan fingerprint density at radius 3 is 2.85 bits per heavy atom. The maximum absolute atomic E-state index is 10.9. The number of aromatic nitrogens is 1. The molecule has 6 nitrogen and oxygen atoms in total. The summed E-state index contributed by atoms with van der Waals surface area (Å²) in [7, 11) is 0. The van der Waals surface area contributed by atoms with Crippen molar-refractivity contribution in [3.05, 3.63) is 39.8 Å². The molecule has 2 atom stereocenters. The summed E-state index contributed by atoms with van der Waals surface area (Å²) in [5.41, 5.74) is 6.35. The Morgan fingerprint density at radius 2 is 2.19 bits per heavy atom. The van der Waals surface area contributed by atoms with Gasteiger partial charge in [0.2, 0.25) is 5.13 Å². The van der Waals surface area contributed by atoms with E-state index in [0.29, 0.717) is 16.5 Å². The van der Waals surface area contributed by atoms with Crippen LogP contribution in [-0.4, -0.2) is 15.6 Å². The predicted octanol–water partition coefficient (Wildman–Crippen LogP) is 5.33. The number of hydrogen-bond donors (Lipinski definition) is 1. The van der Waals surface area contributed by atoms with E-state index in [4.69, 9.17) is 5.10 Å². The Balaban J connectivity index is 1.53. The lowest BCUT2D eigenvalue weighted by Gasteiger charge is -2.34. The Morgan fingerprint density at radius 1 is 1.38 bits per heavy atom. The van der Waals surface area contributed by atoms with Gasteiger partial charge in [-0.1, -0.05) is 32.9 Å². The minimum Gasteiger partial charge on any atom is -0.258 e. The molecule has 1 N–H and O–H groups in total. The van der Waals surface area contributed by atoms with Crippen molar-refractivity contribution < 1.29 is 4.92 Å². The number of nitro benzene ring substituents is 1. The van der Waals surface area contributed by atoms with Crippen molar-refractivity contribution >= 4 is 27.9 Å². The average molecular weight is 370 g/mol. The van der Waals surface area contributed by atoms with Crippen molar-refractivity contribution in [3.63, 3.8) is 0 Å². The fourth-order valence-electron chi connectivity index (χ4n) is 4.45. The third-order valence-electron chi connectivity index (χ3n) is 6.66. The molecule has 136 valence electrons. The lowest BCUT2D eigenvalue weighted by atomic mass is 9.70. The van der Waals surface area contributed by atoms with E-state index >= 15 is 0 Å². The van der Waals surface area contributed by atoms with Gasteiger partial charge in [0.05, 0.1) is 10.6 Å². The molecule has 2 fully saturated rings. The lowest BCUT2D eigenvalue weighted by Crippen LogP contribution is -2.32. The molecule has 2 aliphatic carbocycles. The molecule has 1 aromatic carbocycles. The van der Waals surface area contributed by atoms with E-state index in [9.17, 15) is 10.1 Å². The molecule has 0 aliphatic heterocycles. The zero-order chi connectivity index (χ0) is 18.5. The summed E-state index contributed by atoms with van der Waals surface area (Å²) in [5, 5.41) is 18.3. The fourth-order valence-corrected chi connectivity index (χ4v) is 5.11. The van der Waals surface area contributed by atoms with Gasteiger partial charge in [0, 0.05) is 34.2 Å². The molecule has 0 amide bonds. The maximum atomic E-state index is 10.9. The first-order chi connectivity index (χ1) is 12.3. The topological polar surface area (TPSA) is 80.4 Å². The Hall–Kier alpha value is -2.28. The largest absolute Gasteiger partial charge is 0.270 e. The first-order valence-electron chi connectivity index (χ1n) is 8.85. The number of nitrogens with one attached hydrogen (secondary N) is 1. The number of benzene rings is 1. The van der Waals surface area contributed by atoms with Crippen LogP contribution in [0.5, 0.6) is 0 Å². The lowest BCUT2D eigenvalue weighted by molar-refractivity contribution is -0.384. The van der Waals surface area contributed by atoms with Crippen LogP contribution in [0.3, 0.4) is 0 Å². The van der Waals surface area contributed by atoms with Crippen LogP contribution in [0.15, 0.2) is 34.7 Å². The highest BCUT2D eigenvalue weighted by atomic mass is 32.1. The van der Waals surface area contributed by atoms with E-state index in [-0.39, 0.29) is 11.1 Å². The van der Waals surface area contributed by atoms with Gasteiger partial charge in [-0.15, -0.1) is 11.3 Å². The summed E-state index contributed by atoms with van der Waals surface area (Å²) in [6.07, 6.45) is 3.54. The monoisotopic (exact) mass is 370 g/mol. The van der Waals surface area contributed by atoms with Crippen LogP contribution in [0.2, 0.25) is 0 Å². The fraction of sp³-hybridized carbons (Fsp3) is 0.474. The third kappa shape index (κ3) is 2.53. The molecule has 2 saturated carbocycles. The molecule has 0 radical (unpaired) electrons. The van der Waals surface area contributed by atoms with Gasteiger partial charge < -0.3 is 0 Å². The van der Waals surface area contributed by atoms with Crippen molar-refractivity contribution in [2.45, 2.75) is 40.0 Å². The Bertz CT molecular complexity index is 904. The number of hydrazone groups is 1. The van der Waals surface area contributed by atoms with Crippen LogP contribution < -0.4 is 5.43 Å². The molecule has 0 spiro atoms. The Kier molecular flexibility index (Phi) is 3.87. The quantitative estimate of drug-likeness (QED) is 0.582. The van der Waals surface area contributed by atoms with Gasteiger partial charge in [-0.25, -0.2) is 4.98 Å². The van der Waals surface area contributed by atoms with Crippen molar-refractivity contribution in [2.75, 3.05) is 5.43 Å². The predicted molar refractivity (Wildman–Crippen MR) is 104 cm³/mol. The van der Waals surface area contributed by atoms with E-state index in [2.05, 4.69) is 31.2 Å². The minimum absolute atomic E-state index is 0.0717. The van der Waals surface area contributed by atoms with Crippen LogP contribution in [-0.2, 0) is 0 Å². The second kappa shape index (κ2) is 5.87. The van der Waals surface area contributed by atoms with Crippen molar-refractivity contribution in [1.29, 1.82) is 0 Å². The van der Waals surface area contributed by atoms with E-state index in [1.807, 2.05) is 11.4 Å². The second-order valence-corrected chi connectivity index (χ2v) is 8.87. The van der Waals surface area contributed by atoms with Crippen molar-refractivity contribution in [3.8, 4) is 11.3 Å². The molecule has 1 aromatic heterocycles. The van der Waals surface area contributed by atoms with Gasteiger partial charge in [0.25, 0.3) is 5.69 Å². The first kappa shape index (κ1) is 17.1. The van der Waals surface area contributed by atoms with Gasteiger partial charge in [-0.2, -0.15) is 5.10 Å². The van der Waals surface area contributed by atoms with E-state index in [0.717, 1.165) is 17.7 Å². The summed E-state index contributed by atoms with van der Waals surface area (Å²) >= 11 is 1.46. The smallest absolute Gasteiger partial charge is 0.258 e. The average Bonchev–Trinajstić information content (AvgIpc) is 3.22. The highest BCUT2D eigenvalue weighted by Gasteiger charge is 2.59. The molecule has 0 saturated heterocycles. The van der Waals surface area contributed by atoms with Gasteiger partial charge in [-0.05, 0) is 30.6 Å². The molecular formula is C19H22N4O2S. The third-order valence-corrected chi connectivity index (χ3v) is 7.40. The van der Waals surface area contributed by atoms with Crippen LogP contribution in [0.1, 0.15) is 40.0 Å². The molecule has 2 unspecified atom stereocenters. The molecule has 2 aromatic rings. The Labute approximate surface area is 156 Å². The van der Waals surface area contributed by atoms with E-state index in [1.165, 1.54) is 36.0 Å². The van der Waals surface area contributed by atoms with Gasteiger partial charge in [0.15, 0.2) is 0 Å². The molecule has 26 heavy (non-hydrogen) atoms. The zero-order valence-corrected chi connectivity index (χ0v) is 16.0. The number of thiazole rings is 1. The number of nitrogens with zero attached hydrogens (tertiary/aromatic N) is 3. The number of non-ortho nitro benzene ring substituents is 1. The van der Waals surface area contributed by atoms with E-state index < -0.39 is 4.92 Å². The van der Waals surface area contributed by atoms with Crippen LogP contribution in [0, 0.1) is 26.9 Å². The highest BCUT2D eigenvalue weighted by molar-refractivity contribution is 7.14. The normalized spacial score (nSPS) is 27.8. The molecule has 2 bridgehead atoms. The summed E-state index contributed by atoms with van der Waals surface area (Å²) < 4.78 is 0. The van der Waals surface area contributed by atoms with Crippen LogP contribution >= 0.6 is 11.3 Å². The standard InChI is InChI=1S/C19H22N4O2S/c1-18(2)13-7-8-19(18,3)16(10-13)21-22-17-20-15(11-26-17)12-5-4-6-14(9-12)23(24)25/h4-6,9,11,13H,7-8,10H2,1-3H3,(H,20,22). The summed E-state index contributed by atoms with van der Waals surface area (Å²) in [6, 6.07) is 6.54. The first-order valence-corrected chi connectivity index (χ1v) is 9.72. The SMILES string of the molecule is CC12CCC(CC1=NNc1nc(-c3cccc([N+](=O)[O-])c3)cs1)C2(C)C. The van der Waals surface area contributed by atoms with Crippen molar-refractivity contribution in [2.24, 2.45) is 21.8 Å². The number of fused-ring (bicyclic) bond motifs is 2. The zero-order valence-electron chi connectivity index (χ0n) is 15.2. The van der Waals surface area contributed by atoms with Crippen molar-refractivity contribution in [1.82, 2.24) is 4.98 Å². The molecule has 4 rings (SSSR count). The number of hydrogen-bond acceptors (Lipinski definition) is 6. The number of nitro groups is 1. The summed E-state index contributed by atoms with van der Waals surface area (Å²) in [6.45, 7) is 7.05. The summed E-state index contributed by atoms with van der Waals surface area (Å²) in [5.74, 6) is 0.713. The molecule has 7 heteroatoms. The summed E-state index contributed by atoms with van der Waals surface area (Å²) in [4.78, 5) is 15.1. The highest BCUT2D eigenvalue weighted by Crippen LogP contribution is 2.63. The second-order valence-electron chi connectivity index (χ2n) is 8.01. The van der Waals surface area contributed by atoms with Gasteiger partial charge in [-0.3, -0.25) is 15.5 Å². The molecule has 1 heterocycles. The maximum Gasteiger partial charge on any atom is 0.270 e. The van der Waals surface area contributed by atoms with Crippen LogP contribution in [0.25, 0.3) is 11.3 Å². The number of rotatable bonds is 4.